The van der Waals surface area contributed by atoms with Crippen molar-refractivity contribution in [3.63, 3.8) is 0 Å². The molecular formula is C24H46N6O4S. The van der Waals surface area contributed by atoms with Crippen LogP contribution in [0.2, 0.25) is 0 Å². The Bertz CT molecular complexity index is 654. The molecule has 3 amide bonds. The summed E-state index contributed by atoms with van der Waals surface area (Å²) < 4.78 is 5.28. The molecule has 0 radical (unpaired) electrons. The van der Waals surface area contributed by atoms with Crippen LogP contribution in [-0.2, 0) is 14.3 Å². The summed E-state index contributed by atoms with van der Waals surface area (Å²) in [6.07, 6.45) is 9.19. The van der Waals surface area contributed by atoms with Crippen molar-refractivity contribution in [3.8, 4) is 0 Å². The number of fused-ring (bicyclic) bond motifs is 1. The van der Waals surface area contributed by atoms with Crippen molar-refractivity contribution < 1.29 is 19.1 Å². The minimum Gasteiger partial charge on any atom is -0.466 e. The monoisotopic (exact) mass is 514 g/mol. The number of carbonyl (C=O) groups excluding carboxylic acids is 3. The van der Waals surface area contributed by atoms with Gasteiger partial charge in [-0.3, -0.25) is 15.4 Å². The number of urea groups is 1. The molecule has 35 heavy (non-hydrogen) atoms. The number of hydrogen-bond donors (Lipinski definition) is 5. The molecule has 0 aromatic heterocycles. The summed E-state index contributed by atoms with van der Waals surface area (Å²) in [5.41, 5.74) is 5.70. The van der Waals surface area contributed by atoms with E-state index >= 15 is 0 Å². The SMILES string of the molecule is CC(N)CN(N)CCCCCC(=O)OCCCCCNC(=O)CCCC[C@H]1SC[C@@H]2NC(=O)N[C@@H]21. The summed E-state index contributed by atoms with van der Waals surface area (Å²) in [6.45, 7) is 4.49. The van der Waals surface area contributed by atoms with E-state index in [0.717, 1.165) is 70.1 Å². The van der Waals surface area contributed by atoms with Crippen LogP contribution in [0.15, 0.2) is 0 Å². The van der Waals surface area contributed by atoms with Gasteiger partial charge in [0.25, 0.3) is 0 Å². The predicted octanol–water partition coefficient (Wildman–Crippen LogP) is 1.63. The van der Waals surface area contributed by atoms with Crippen LogP contribution in [0.5, 0.6) is 0 Å². The Morgan fingerprint density at radius 3 is 2.69 bits per heavy atom. The van der Waals surface area contributed by atoms with E-state index in [9.17, 15) is 14.4 Å². The number of nitrogens with two attached hydrogens (primary N) is 2. The quantitative estimate of drug-likeness (QED) is 0.0573. The summed E-state index contributed by atoms with van der Waals surface area (Å²) >= 11 is 1.91. The van der Waals surface area contributed by atoms with E-state index in [2.05, 4.69) is 16.0 Å². The van der Waals surface area contributed by atoms with Crippen LogP contribution < -0.4 is 27.5 Å². The first kappa shape index (κ1) is 29.7. The first-order valence-electron chi connectivity index (χ1n) is 13.2. The Hall–Kier alpha value is -1.56. The number of unbranched alkanes of at least 4 members (excludes halogenated alkanes) is 5. The maximum absolute atomic E-state index is 12.0. The molecule has 10 nitrogen and oxygen atoms in total. The van der Waals surface area contributed by atoms with Crippen LogP contribution in [0.25, 0.3) is 0 Å². The maximum atomic E-state index is 12.0. The standard InChI is InChI=1S/C24H46N6O4S/c1-18(25)16-30(26)14-8-2-4-12-22(32)34-15-9-3-7-13-27-21(31)11-6-5-10-20-23-19(17-35-20)28-24(33)29-23/h18-20,23H,2-17,25-26H2,1H3,(H,27,31)(H2,28,29,33)/t18?,19-,20+,23-/m0/s1. The van der Waals surface area contributed by atoms with E-state index < -0.39 is 0 Å². The van der Waals surface area contributed by atoms with Crippen molar-refractivity contribution in [2.45, 2.75) is 101 Å². The van der Waals surface area contributed by atoms with Gasteiger partial charge in [-0.15, -0.1) is 0 Å². The molecule has 4 atom stereocenters. The minimum absolute atomic E-state index is 0.0532. The summed E-state index contributed by atoms with van der Waals surface area (Å²) in [5.74, 6) is 6.76. The zero-order valence-corrected chi connectivity index (χ0v) is 22.1. The lowest BCUT2D eigenvalue weighted by molar-refractivity contribution is -0.143. The van der Waals surface area contributed by atoms with Crippen LogP contribution in [0.4, 0.5) is 4.79 Å². The Morgan fingerprint density at radius 1 is 1.11 bits per heavy atom. The van der Waals surface area contributed by atoms with E-state index in [0.29, 0.717) is 37.8 Å². The average Bonchev–Trinajstić information content (AvgIpc) is 3.34. The zero-order valence-electron chi connectivity index (χ0n) is 21.3. The third kappa shape index (κ3) is 12.8. The van der Waals surface area contributed by atoms with E-state index in [4.69, 9.17) is 16.3 Å². The molecule has 0 aromatic carbocycles. The molecule has 0 bridgehead atoms. The molecule has 11 heteroatoms. The molecule has 202 valence electrons. The van der Waals surface area contributed by atoms with Gasteiger partial charge in [0.2, 0.25) is 5.91 Å². The number of ether oxygens (including phenoxy) is 1. The van der Waals surface area contributed by atoms with Gasteiger partial charge in [-0.1, -0.05) is 12.8 Å². The van der Waals surface area contributed by atoms with Gasteiger partial charge < -0.3 is 26.4 Å². The number of hydrogen-bond acceptors (Lipinski definition) is 8. The van der Waals surface area contributed by atoms with Crippen molar-refractivity contribution in [2.75, 3.05) is 32.0 Å². The summed E-state index contributed by atoms with van der Waals surface area (Å²) in [6, 6.07) is 0.503. The largest absolute Gasteiger partial charge is 0.466 e. The van der Waals surface area contributed by atoms with Gasteiger partial charge in [-0.05, 0) is 51.9 Å². The Kier molecular flexibility index (Phi) is 14.4. The summed E-state index contributed by atoms with van der Waals surface area (Å²) in [5, 5.41) is 11.1. The molecule has 0 aromatic rings. The molecule has 7 N–H and O–H groups in total. The second-order valence-electron chi connectivity index (χ2n) is 9.78. The van der Waals surface area contributed by atoms with Gasteiger partial charge in [0.05, 0.1) is 18.7 Å². The zero-order chi connectivity index (χ0) is 25.5. The third-order valence-corrected chi connectivity index (χ3v) is 7.84. The van der Waals surface area contributed by atoms with E-state index in [-0.39, 0.29) is 36.0 Å². The van der Waals surface area contributed by atoms with Crippen molar-refractivity contribution in [2.24, 2.45) is 11.6 Å². The molecule has 0 spiro atoms. The number of esters is 1. The van der Waals surface area contributed by atoms with Gasteiger partial charge in [0, 0.05) is 49.5 Å². The molecule has 2 heterocycles. The maximum Gasteiger partial charge on any atom is 0.315 e. The molecular weight excluding hydrogens is 468 g/mol. The van der Waals surface area contributed by atoms with Crippen LogP contribution in [0.1, 0.15) is 77.6 Å². The highest BCUT2D eigenvalue weighted by Gasteiger charge is 2.42. The van der Waals surface area contributed by atoms with Crippen LogP contribution in [0.3, 0.4) is 0 Å². The molecule has 2 saturated heterocycles. The van der Waals surface area contributed by atoms with Crippen molar-refractivity contribution in [1.82, 2.24) is 21.0 Å². The minimum atomic E-state index is -0.142. The van der Waals surface area contributed by atoms with Crippen LogP contribution >= 0.6 is 11.8 Å². The lowest BCUT2D eigenvalue weighted by Gasteiger charge is -2.17. The molecule has 0 saturated carbocycles. The lowest BCUT2D eigenvalue weighted by Crippen LogP contribution is -2.40. The van der Waals surface area contributed by atoms with Crippen molar-refractivity contribution >= 4 is 29.7 Å². The van der Waals surface area contributed by atoms with Crippen molar-refractivity contribution in [3.05, 3.63) is 0 Å². The highest BCUT2D eigenvalue weighted by atomic mass is 32.2. The Balaban J connectivity index is 1.33. The molecule has 2 aliphatic heterocycles. The van der Waals surface area contributed by atoms with Gasteiger partial charge in [-0.2, -0.15) is 11.8 Å². The normalized spacial score (nSPS) is 21.9. The van der Waals surface area contributed by atoms with Gasteiger partial charge in [0.15, 0.2) is 0 Å². The second-order valence-corrected chi connectivity index (χ2v) is 11.1. The fourth-order valence-electron chi connectivity index (χ4n) is 4.47. The van der Waals surface area contributed by atoms with E-state index in [1.807, 2.05) is 18.7 Å². The third-order valence-electron chi connectivity index (χ3n) is 6.34. The van der Waals surface area contributed by atoms with Crippen LogP contribution in [-0.4, -0.2) is 78.3 Å². The van der Waals surface area contributed by atoms with Crippen LogP contribution in [0, 0.1) is 0 Å². The molecule has 2 rings (SSSR count). The van der Waals surface area contributed by atoms with Gasteiger partial charge in [0.1, 0.15) is 0 Å². The number of hydrazine groups is 1. The molecule has 1 unspecified atom stereocenters. The number of rotatable bonds is 19. The molecule has 2 fully saturated rings. The Labute approximate surface area is 214 Å². The summed E-state index contributed by atoms with van der Waals surface area (Å²) in [4.78, 5) is 35.2. The fourth-order valence-corrected chi connectivity index (χ4v) is 6.02. The first-order valence-corrected chi connectivity index (χ1v) is 14.3. The number of amides is 3. The Morgan fingerprint density at radius 2 is 1.89 bits per heavy atom. The second kappa shape index (κ2) is 17.0. The molecule has 0 aliphatic carbocycles. The van der Waals surface area contributed by atoms with E-state index in [1.54, 1.807) is 5.01 Å². The number of nitrogens with zero attached hydrogens (tertiary/aromatic N) is 1. The van der Waals surface area contributed by atoms with E-state index in [1.165, 1.54) is 0 Å². The smallest absolute Gasteiger partial charge is 0.315 e. The highest BCUT2D eigenvalue weighted by Crippen LogP contribution is 2.33. The lowest BCUT2D eigenvalue weighted by atomic mass is 10.0. The number of carbonyl (C=O) groups is 3. The highest BCUT2D eigenvalue weighted by molar-refractivity contribution is 8.00. The fraction of sp³-hybridized carbons (Fsp3) is 0.875. The topological polar surface area (TPSA) is 152 Å². The van der Waals surface area contributed by atoms with Gasteiger partial charge in [-0.25, -0.2) is 9.80 Å². The number of thioether (sulfide) groups is 1. The predicted molar refractivity (Wildman–Crippen MR) is 140 cm³/mol. The molecule has 2 aliphatic rings. The first-order chi connectivity index (χ1) is 16.8. The van der Waals surface area contributed by atoms with Gasteiger partial charge >= 0.3 is 12.0 Å². The average molecular weight is 515 g/mol. The summed E-state index contributed by atoms with van der Waals surface area (Å²) in [7, 11) is 0. The van der Waals surface area contributed by atoms with Crippen molar-refractivity contribution in [1.29, 1.82) is 0 Å². The number of nitrogens with one attached hydrogen (secondary N) is 3.